The molecule has 0 aliphatic rings. The van der Waals surface area contributed by atoms with Gasteiger partial charge in [-0.05, 0) is 53.6 Å². The molecule has 0 fully saturated rings. The van der Waals surface area contributed by atoms with Crippen molar-refractivity contribution in [1.82, 2.24) is 0 Å². The number of ether oxygens (including phenoxy) is 2. The Labute approximate surface area is 198 Å². The van der Waals surface area contributed by atoms with Crippen molar-refractivity contribution in [2.75, 3.05) is 17.7 Å². The summed E-state index contributed by atoms with van der Waals surface area (Å²) in [5.41, 5.74) is 3.49. The zero-order valence-corrected chi connectivity index (χ0v) is 19.8. The lowest BCUT2D eigenvalue weighted by Gasteiger charge is -2.15. The Kier molecular flexibility index (Phi) is 8.26. The average Bonchev–Trinajstić information content (AvgIpc) is 2.78. The average molecular weight is 473 g/mol. The van der Waals surface area contributed by atoms with Gasteiger partial charge in [-0.15, -0.1) is 0 Å². The van der Waals surface area contributed by atoms with Crippen LogP contribution in [-0.2, 0) is 17.9 Å². The van der Waals surface area contributed by atoms with Crippen molar-refractivity contribution in [1.29, 1.82) is 0 Å². The van der Waals surface area contributed by atoms with Crippen LogP contribution in [0, 0.1) is 5.92 Å². The number of benzene rings is 3. The van der Waals surface area contributed by atoms with E-state index in [0.29, 0.717) is 34.7 Å². The second-order valence-corrected chi connectivity index (χ2v) is 8.43. The molecule has 0 radical (unpaired) electrons. The Morgan fingerprint density at radius 1 is 0.969 bits per heavy atom. The number of amides is 1. The predicted molar refractivity (Wildman–Crippen MR) is 131 cm³/mol. The number of carbonyl (C=O) groups is 1. The molecule has 3 aromatic rings. The largest absolute Gasteiger partial charge is 0.493 e. The lowest BCUT2D eigenvalue weighted by Crippen LogP contribution is -2.17. The minimum atomic E-state index is -0.0673. The third kappa shape index (κ3) is 6.55. The molecule has 1 amide bonds. The number of methoxy groups -OCH3 is 1. The molecule has 0 atom stereocenters. The summed E-state index contributed by atoms with van der Waals surface area (Å²) in [5, 5.41) is 7.44. The molecule has 0 aliphatic carbocycles. The summed E-state index contributed by atoms with van der Waals surface area (Å²) in [4.78, 5) is 11.8. The number of anilines is 2. The topological polar surface area (TPSA) is 59.6 Å². The molecule has 7 heteroatoms. The van der Waals surface area contributed by atoms with Crippen LogP contribution >= 0.6 is 23.2 Å². The maximum Gasteiger partial charge on any atom is 0.226 e. The van der Waals surface area contributed by atoms with Crippen LogP contribution in [0.5, 0.6) is 11.5 Å². The highest BCUT2D eigenvalue weighted by Crippen LogP contribution is 2.34. The highest BCUT2D eigenvalue weighted by atomic mass is 35.5. The number of hydrogen-bond acceptors (Lipinski definition) is 4. The molecule has 3 rings (SSSR count). The van der Waals surface area contributed by atoms with E-state index in [1.54, 1.807) is 13.2 Å². The van der Waals surface area contributed by atoms with Crippen molar-refractivity contribution in [3.63, 3.8) is 0 Å². The van der Waals surface area contributed by atoms with Gasteiger partial charge in [-0.3, -0.25) is 4.79 Å². The maximum absolute atomic E-state index is 11.8. The molecule has 0 saturated heterocycles. The summed E-state index contributed by atoms with van der Waals surface area (Å²) in [5.74, 6) is 1.08. The van der Waals surface area contributed by atoms with Crippen molar-refractivity contribution < 1.29 is 14.3 Å². The summed E-state index contributed by atoms with van der Waals surface area (Å²) >= 11 is 12.5. The Hall–Kier alpha value is -2.89. The van der Waals surface area contributed by atoms with E-state index in [0.717, 1.165) is 22.5 Å². The van der Waals surface area contributed by atoms with Crippen LogP contribution in [0.3, 0.4) is 0 Å². The summed E-state index contributed by atoms with van der Waals surface area (Å²) < 4.78 is 11.4. The highest BCUT2D eigenvalue weighted by molar-refractivity contribution is 6.31. The predicted octanol–water partition coefficient (Wildman–Crippen LogP) is 6.79. The van der Waals surface area contributed by atoms with Crippen molar-refractivity contribution in [3.05, 3.63) is 81.8 Å². The van der Waals surface area contributed by atoms with Gasteiger partial charge in [0.05, 0.1) is 7.11 Å². The SMILES string of the molecule is COc1cc(CNc2ccc(NC(=O)C(C)C)cc2)c(Cl)cc1OCc1cccc(Cl)c1. The lowest BCUT2D eigenvalue weighted by molar-refractivity contribution is -0.118. The smallest absolute Gasteiger partial charge is 0.226 e. The summed E-state index contributed by atoms with van der Waals surface area (Å²) in [6.45, 7) is 4.57. The first kappa shape index (κ1) is 23.8. The van der Waals surface area contributed by atoms with E-state index >= 15 is 0 Å². The molecule has 0 bridgehead atoms. The van der Waals surface area contributed by atoms with Gasteiger partial charge in [0.15, 0.2) is 11.5 Å². The van der Waals surface area contributed by atoms with Crippen LogP contribution in [0.15, 0.2) is 60.7 Å². The lowest BCUT2D eigenvalue weighted by atomic mass is 10.1. The third-order valence-corrected chi connectivity index (χ3v) is 5.36. The fraction of sp³-hybridized carbons (Fsp3) is 0.240. The zero-order chi connectivity index (χ0) is 23.1. The summed E-state index contributed by atoms with van der Waals surface area (Å²) in [6, 6.07) is 18.6. The number of carbonyl (C=O) groups excluding carboxylic acids is 1. The fourth-order valence-electron chi connectivity index (χ4n) is 2.93. The van der Waals surface area contributed by atoms with Crippen LogP contribution in [0.1, 0.15) is 25.0 Å². The molecule has 0 saturated carbocycles. The van der Waals surface area contributed by atoms with Gasteiger partial charge >= 0.3 is 0 Å². The van der Waals surface area contributed by atoms with Crippen LogP contribution in [-0.4, -0.2) is 13.0 Å². The van der Waals surface area contributed by atoms with Crippen molar-refractivity contribution in [3.8, 4) is 11.5 Å². The van der Waals surface area contributed by atoms with Crippen LogP contribution in [0.2, 0.25) is 10.0 Å². The van der Waals surface area contributed by atoms with E-state index in [-0.39, 0.29) is 11.8 Å². The molecule has 0 spiro atoms. The summed E-state index contributed by atoms with van der Waals surface area (Å²) in [6.07, 6.45) is 0. The monoisotopic (exact) mass is 472 g/mol. The van der Waals surface area contributed by atoms with Crippen LogP contribution < -0.4 is 20.1 Å². The molecule has 0 aliphatic heterocycles. The van der Waals surface area contributed by atoms with E-state index in [1.165, 1.54) is 0 Å². The van der Waals surface area contributed by atoms with Gasteiger partial charge in [-0.2, -0.15) is 0 Å². The van der Waals surface area contributed by atoms with Gasteiger partial charge in [-0.1, -0.05) is 49.2 Å². The number of rotatable bonds is 9. The third-order valence-electron chi connectivity index (χ3n) is 4.78. The summed E-state index contributed by atoms with van der Waals surface area (Å²) in [7, 11) is 1.59. The Morgan fingerprint density at radius 2 is 1.69 bits per heavy atom. The first-order valence-electron chi connectivity index (χ1n) is 10.2. The molecular formula is C25H26Cl2N2O3. The molecule has 5 nitrogen and oxygen atoms in total. The van der Waals surface area contributed by atoms with Gasteiger partial charge in [-0.25, -0.2) is 0 Å². The number of nitrogens with one attached hydrogen (secondary N) is 2. The fourth-order valence-corrected chi connectivity index (χ4v) is 3.36. The quantitative estimate of drug-likeness (QED) is 0.359. The van der Waals surface area contributed by atoms with Crippen LogP contribution in [0.25, 0.3) is 0 Å². The molecular weight excluding hydrogens is 447 g/mol. The van der Waals surface area contributed by atoms with Crippen molar-refractivity contribution in [2.45, 2.75) is 27.0 Å². The standard InChI is InChI=1S/C25H26Cl2N2O3/c1-16(2)25(30)29-21-9-7-20(8-10-21)28-14-18-12-23(31-3)24(13-22(18)27)32-15-17-5-4-6-19(26)11-17/h4-13,16,28H,14-15H2,1-3H3,(H,29,30). The van der Waals surface area contributed by atoms with E-state index in [1.807, 2.05) is 68.4 Å². The van der Waals surface area contributed by atoms with Gasteiger partial charge < -0.3 is 20.1 Å². The normalized spacial score (nSPS) is 10.7. The van der Waals surface area contributed by atoms with E-state index in [4.69, 9.17) is 32.7 Å². The van der Waals surface area contributed by atoms with Crippen LogP contribution in [0.4, 0.5) is 11.4 Å². The minimum Gasteiger partial charge on any atom is -0.493 e. The van der Waals surface area contributed by atoms with E-state index in [2.05, 4.69) is 10.6 Å². The van der Waals surface area contributed by atoms with Gasteiger partial charge in [0.1, 0.15) is 6.61 Å². The molecule has 168 valence electrons. The Morgan fingerprint density at radius 3 is 2.34 bits per heavy atom. The van der Waals surface area contributed by atoms with Gasteiger partial charge in [0.2, 0.25) is 5.91 Å². The Balaban J connectivity index is 1.63. The first-order valence-corrected chi connectivity index (χ1v) is 11.0. The molecule has 0 unspecified atom stereocenters. The molecule has 0 aromatic heterocycles. The minimum absolute atomic E-state index is 0.0118. The number of halogens is 2. The Bertz CT molecular complexity index is 1070. The second kappa shape index (κ2) is 11.1. The van der Waals surface area contributed by atoms with Gasteiger partial charge in [0, 0.05) is 39.9 Å². The molecule has 0 heterocycles. The zero-order valence-electron chi connectivity index (χ0n) is 18.2. The van der Waals surface area contributed by atoms with E-state index in [9.17, 15) is 4.79 Å². The number of hydrogen-bond donors (Lipinski definition) is 2. The van der Waals surface area contributed by atoms with Crippen molar-refractivity contribution in [2.24, 2.45) is 5.92 Å². The maximum atomic E-state index is 11.8. The van der Waals surface area contributed by atoms with Gasteiger partial charge in [0.25, 0.3) is 0 Å². The van der Waals surface area contributed by atoms with Crippen molar-refractivity contribution >= 4 is 40.5 Å². The molecule has 2 N–H and O–H groups in total. The molecule has 32 heavy (non-hydrogen) atoms. The first-order chi connectivity index (χ1) is 15.4. The van der Waals surface area contributed by atoms with E-state index < -0.39 is 0 Å². The second-order valence-electron chi connectivity index (χ2n) is 7.59. The highest BCUT2D eigenvalue weighted by Gasteiger charge is 2.12. The molecule has 3 aromatic carbocycles.